The predicted molar refractivity (Wildman–Crippen MR) is 98.4 cm³/mol. The molecule has 1 fully saturated rings. The van der Waals surface area contributed by atoms with Gasteiger partial charge in [0.05, 0.1) is 14.0 Å². The maximum absolute atomic E-state index is 9.96. The fraction of sp³-hybridized carbons (Fsp3) is 1.00. The molecule has 0 aliphatic heterocycles. The lowest BCUT2D eigenvalue weighted by atomic mass is 9.53. The van der Waals surface area contributed by atoms with Crippen molar-refractivity contribution in [2.75, 3.05) is 6.61 Å². The van der Waals surface area contributed by atoms with Crippen LogP contribution in [0.25, 0.3) is 0 Å². The van der Waals surface area contributed by atoms with Crippen molar-refractivity contribution in [2.45, 2.75) is 91.3 Å². The lowest BCUT2D eigenvalue weighted by Crippen LogP contribution is -2.46. The van der Waals surface area contributed by atoms with Crippen LogP contribution in [-0.2, 0) is 4.74 Å². The van der Waals surface area contributed by atoms with Gasteiger partial charge >= 0.3 is 0 Å². The summed E-state index contributed by atoms with van der Waals surface area (Å²) in [7, 11) is 6.58. The third kappa shape index (κ3) is 6.06. The molecule has 1 aliphatic carbocycles. The standard InChI is InChI=1S/C19H38BNO2/c1-13(2)15-9-8-14(3)10-16(15)23-12-18(6,20)17(4,5)11-19(7,21)22/h13-16,22H,8-12,21H2,1-7H3. The fourth-order valence-electron chi connectivity index (χ4n) is 3.88. The summed E-state index contributed by atoms with van der Waals surface area (Å²) in [4.78, 5) is 0. The van der Waals surface area contributed by atoms with Gasteiger partial charge in [-0.2, -0.15) is 0 Å². The summed E-state index contributed by atoms with van der Waals surface area (Å²) in [5.41, 5.74) is 4.26. The SMILES string of the molecule is [B]C(C)(COC1CC(C)CCC1C(C)C)C(C)(C)CC(C)(N)O. The molecule has 5 atom stereocenters. The molecule has 2 radical (unpaired) electrons. The normalized spacial score (nSPS) is 31.7. The maximum Gasteiger partial charge on any atom is 0.111 e. The van der Waals surface area contributed by atoms with E-state index in [9.17, 15) is 5.11 Å². The van der Waals surface area contributed by atoms with Gasteiger partial charge in [-0.3, -0.25) is 0 Å². The molecular formula is C19H38BNO2. The van der Waals surface area contributed by atoms with Gasteiger partial charge in [0.2, 0.25) is 0 Å². The van der Waals surface area contributed by atoms with Crippen LogP contribution in [-0.4, -0.2) is 31.4 Å². The van der Waals surface area contributed by atoms with Crippen molar-refractivity contribution in [1.29, 1.82) is 0 Å². The number of hydrogen-bond acceptors (Lipinski definition) is 3. The van der Waals surface area contributed by atoms with E-state index in [2.05, 4.69) is 34.6 Å². The predicted octanol–water partition coefficient (Wildman–Crippen LogP) is 3.89. The molecule has 0 heterocycles. The summed E-state index contributed by atoms with van der Waals surface area (Å²) in [6.45, 7) is 15.1. The van der Waals surface area contributed by atoms with Gasteiger partial charge in [-0.15, -0.1) is 0 Å². The maximum atomic E-state index is 9.96. The van der Waals surface area contributed by atoms with Gasteiger partial charge in [0.1, 0.15) is 5.72 Å². The van der Waals surface area contributed by atoms with E-state index in [0.29, 0.717) is 24.9 Å². The van der Waals surface area contributed by atoms with Crippen LogP contribution in [0.15, 0.2) is 0 Å². The van der Waals surface area contributed by atoms with E-state index in [1.54, 1.807) is 6.92 Å². The van der Waals surface area contributed by atoms with Crippen molar-refractivity contribution in [2.24, 2.45) is 28.9 Å². The summed E-state index contributed by atoms with van der Waals surface area (Å²) in [6, 6.07) is 0. The first-order valence-electron chi connectivity index (χ1n) is 9.17. The summed E-state index contributed by atoms with van der Waals surface area (Å²) in [5, 5.41) is 9.42. The number of hydrogen-bond donors (Lipinski definition) is 2. The van der Waals surface area contributed by atoms with Crippen molar-refractivity contribution >= 4 is 7.85 Å². The van der Waals surface area contributed by atoms with Crippen LogP contribution in [0, 0.1) is 23.2 Å². The summed E-state index contributed by atoms with van der Waals surface area (Å²) < 4.78 is 6.35. The minimum Gasteiger partial charge on any atom is -0.378 e. The third-order valence-corrected chi connectivity index (χ3v) is 5.90. The molecule has 1 saturated carbocycles. The van der Waals surface area contributed by atoms with Crippen molar-refractivity contribution in [3.05, 3.63) is 0 Å². The molecule has 0 aromatic heterocycles. The minimum atomic E-state index is -1.22. The molecule has 0 spiro atoms. The second-order valence-electron chi connectivity index (χ2n) is 9.51. The van der Waals surface area contributed by atoms with E-state index in [4.69, 9.17) is 18.3 Å². The minimum absolute atomic E-state index is 0.288. The summed E-state index contributed by atoms with van der Waals surface area (Å²) >= 11 is 0. The van der Waals surface area contributed by atoms with Gasteiger partial charge in [-0.05, 0) is 54.7 Å². The van der Waals surface area contributed by atoms with Crippen molar-refractivity contribution in [3.8, 4) is 0 Å². The lowest BCUT2D eigenvalue weighted by Gasteiger charge is -2.46. The highest BCUT2D eigenvalue weighted by Gasteiger charge is 2.41. The molecule has 5 unspecified atom stereocenters. The fourth-order valence-corrected chi connectivity index (χ4v) is 3.88. The van der Waals surface area contributed by atoms with E-state index >= 15 is 0 Å². The van der Waals surface area contributed by atoms with Gasteiger partial charge in [0.15, 0.2) is 0 Å². The molecule has 1 rings (SSSR count). The highest BCUT2D eigenvalue weighted by molar-refractivity contribution is 6.15. The number of nitrogens with two attached hydrogens (primary N) is 1. The molecule has 0 saturated heterocycles. The second kappa shape index (κ2) is 7.45. The number of ether oxygens (including phenoxy) is 1. The Bertz CT molecular complexity index is 374. The molecule has 1 aliphatic rings. The van der Waals surface area contributed by atoms with Crippen LogP contribution in [0.1, 0.15) is 74.1 Å². The first-order chi connectivity index (χ1) is 10.3. The van der Waals surface area contributed by atoms with Crippen LogP contribution < -0.4 is 5.73 Å². The first kappa shape index (κ1) is 21.0. The van der Waals surface area contributed by atoms with Gasteiger partial charge in [0.25, 0.3) is 0 Å². The van der Waals surface area contributed by atoms with E-state index in [0.717, 1.165) is 12.3 Å². The Kier molecular flexibility index (Phi) is 6.80. The Balaban J connectivity index is 2.72. The van der Waals surface area contributed by atoms with Gasteiger partial charge in [-0.25, -0.2) is 0 Å². The smallest absolute Gasteiger partial charge is 0.111 e. The van der Waals surface area contributed by atoms with Crippen molar-refractivity contribution in [1.82, 2.24) is 0 Å². The quantitative estimate of drug-likeness (QED) is 0.552. The van der Waals surface area contributed by atoms with Crippen LogP contribution in [0.5, 0.6) is 0 Å². The topological polar surface area (TPSA) is 55.5 Å². The molecule has 23 heavy (non-hydrogen) atoms. The molecule has 4 heteroatoms. The van der Waals surface area contributed by atoms with E-state index in [1.807, 2.05) is 6.92 Å². The van der Waals surface area contributed by atoms with E-state index < -0.39 is 11.0 Å². The summed E-state index contributed by atoms with van der Waals surface area (Å²) in [6.07, 6.45) is 4.38. The molecular weight excluding hydrogens is 285 g/mol. The highest BCUT2D eigenvalue weighted by Crippen LogP contribution is 2.48. The van der Waals surface area contributed by atoms with Crippen molar-refractivity contribution < 1.29 is 9.84 Å². The average molecular weight is 323 g/mol. The molecule has 3 N–H and O–H groups in total. The Morgan fingerprint density at radius 1 is 1.22 bits per heavy atom. The Labute approximate surface area is 145 Å². The molecule has 0 bridgehead atoms. The average Bonchev–Trinajstić information content (AvgIpc) is 2.33. The molecule has 134 valence electrons. The summed E-state index contributed by atoms with van der Waals surface area (Å²) in [5.74, 6) is 1.97. The third-order valence-electron chi connectivity index (χ3n) is 5.90. The van der Waals surface area contributed by atoms with Crippen LogP contribution in [0.4, 0.5) is 0 Å². The molecule has 3 nitrogen and oxygen atoms in total. The zero-order valence-corrected chi connectivity index (χ0v) is 16.4. The lowest BCUT2D eigenvalue weighted by molar-refractivity contribution is -0.0689. The van der Waals surface area contributed by atoms with Crippen LogP contribution in [0.3, 0.4) is 0 Å². The highest BCUT2D eigenvalue weighted by atomic mass is 16.5. The van der Waals surface area contributed by atoms with E-state index in [1.165, 1.54) is 12.8 Å². The Morgan fingerprint density at radius 2 is 1.78 bits per heavy atom. The zero-order chi connectivity index (χ0) is 18.1. The first-order valence-corrected chi connectivity index (χ1v) is 9.17. The molecule has 0 aromatic rings. The zero-order valence-electron chi connectivity index (χ0n) is 16.4. The largest absolute Gasteiger partial charge is 0.378 e. The number of rotatable bonds is 7. The number of aliphatic hydroxyl groups is 1. The van der Waals surface area contributed by atoms with Gasteiger partial charge < -0.3 is 15.6 Å². The second-order valence-corrected chi connectivity index (χ2v) is 9.51. The Morgan fingerprint density at radius 3 is 2.26 bits per heavy atom. The van der Waals surface area contributed by atoms with Crippen molar-refractivity contribution in [3.63, 3.8) is 0 Å². The van der Waals surface area contributed by atoms with Crippen LogP contribution >= 0.6 is 0 Å². The monoisotopic (exact) mass is 323 g/mol. The molecule has 0 amide bonds. The Hall–Kier alpha value is -0.0551. The van der Waals surface area contributed by atoms with Gasteiger partial charge in [-0.1, -0.05) is 48.0 Å². The molecule has 0 aromatic carbocycles. The van der Waals surface area contributed by atoms with E-state index in [-0.39, 0.29) is 11.5 Å². The van der Waals surface area contributed by atoms with Crippen LogP contribution in [0.2, 0.25) is 5.31 Å². The van der Waals surface area contributed by atoms with Gasteiger partial charge in [0, 0.05) is 6.61 Å².